The SMILES string of the molecule is Cc1ncc2c(c1[C@]1(C(=O)O)C[C@@H](F)[C@H](O[N+](=O)[O-])C1)CO[C@H]2c1ccc(Cl)cc1. The van der Waals surface area contributed by atoms with E-state index in [0.717, 1.165) is 5.56 Å². The van der Waals surface area contributed by atoms with Gasteiger partial charge in [-0.25, -0.2) is 4.39 Å². The van der Waals surface area contributed by atoms with Crippen molar-refractivity contribution in [2.45, 2.75) is 50.2 Å². The molecule has 0 saturated heterocycles. The first-order valence-corrected chi connectivity index (χ1v) is 9.65. The van der Waals surface area contributed by atoms with Crippen molar-refractivity contribution in [3.8, 4) is 0 Å². The topological polar surface area (TPSA) is 112 Å². The summed E-state index contributed by atoms with van der Waals surface area (Å²) >= 11 is 5.95. The van der Waals surface area contributed by atoms with Gasteiger partial charge in [0.2, 0.25) is 0 Å². The molecule has 158 valence electrons. The summed E-state index contributed by atoms with van der Waals surface area (Å²) in [5.74, 6) is -1.27. The molecule has 1 aromatic heterocycles. The zero-order valence-electron chi connectivity index (χ0n) is 15.9. The lowest BCUT2D eigenvalue weighted by Crippen LogP contribution is -2.36. The van der Waals surface area contributed by atoms with Crippen LogP contribution in [-0.4, -0.2) is 33.4 Å². The predicted octanol–water partition coefficient (Wildman–Crippen LogP) is 3.69. The van der Waals surface area contributed by atoms with Crippen molar-refractivity contribution in [2.24, 2.45) is 0 Å². The van der Waals surface area contributed by atoms with Gasteiger partial charge in [0, 0.05) is 28.9 Å². The Hall–Kier alpha value is -2.78. The number of benzene rings is 1. The number of halogens is 2. The highest BCUT2D eigenvalue weighted by Gasteiger charge is 2.56. The Morgan fingerprint density at radius 3 is 2.73 bits per heavy atom. The molecule has 4 atom stereocenters. The van der Waals surface area contributed by atoms with Crippen molar-refractivity contribution < 1.29 is 29.0 Å². The molecule has 4 rings (SSSR count). The molecule has 2 heterocycles. The second-order valence-corrected chi connectivity index (χ2v) is 8.01. The molecule has 0 bridgehead atoms. The van der Waals surface area contributed by atoms with Gasteiger partial charge in [-0.3, -0.25) is 9.78 Å². The molecular formula is C20H18ClFN2O6. The Morgan fingerprint density at radius 2 is 2.10 bits per heavy atom. The average molecular weight is 437 g/mol. The molecular weight excluding hydrogens is 419 g/mol. The number of fused-ring (bicyclic) bond motifs is 1. The molecule has 10 heteroatoms. The maximum atomic E-state index is 14.6. The molecule has 0 spiro atoms. The van der Waals surface area contributed by atoms with Crippen LogP contribution in [0, 0.1) is 17.0 Å². The van der Waals surface area contributed by atoms with Crippen molar-refractivity contribution >= 4 is 17.6 Å². The molecule has 1 aliphatic carbocycles. The van der Waals surface area contributed by atoms with Gasteiger partial charge in [-0.05, 0) is 42.2 Å². The minimum absolute atomic E-state index is 0.119. The van der Waals surface area contributed by atoms with Gasteiger partial charge in [0.1, 0.15) is 18.4 Å². The maximum Gasteiger partial charge on any atom is 0.314 e. The Balaban J connectivity index is 1.80. The van der Waals surface area contributed by atoms with Crippen LogP contribution in [0.25, 0.3) is 0 Å². The fourth-order valence-electron chi connectivity index (χ4n) is 4.58. The lowest BCUT2D eigenvalue weighted by Gasteiger charge is -2.28. The van der Waals surface area contributed by atoms with Crippen molar-refractivity contribution in [1.29, 1.82) is 0 Å². The summed E-state index contributed by atoms with van der Waals surface area (Å²) < 4.78 is 20.5. The van der Waals surface area contributed by atoms with Crippen LogP contribution in [-0.2, 0) is 26.4 Å². The number of alkyl halides is 1. The number of aryl methyl sites for hydroxylation is 1. The largest absolute Gasteiger partial charge is 0.481 e. The number of nitrogens with zero attached hydrogens (tertiary/aromatic N) is 2. The number of carbonyl (C=O) groups is 1. The lowest BCUT2D eigenvalue weighted by atomic mass is 9.75. The quantitative estimate of drug-likeness (QED) is 0.561. The minimum atomic E-state index is -1.80. The summed E-state index contributed by atoms with van der Waals surface area (Å²) in [5.41, 5.74) is 1.21. The first kappa shape index (κ1) is 20.5. The number of carboxylic acids is 1. The van der Waals surface area contributed by atoms with E-state index < -0.39 is 41.3 Å². The Labute approximate surface area is 175 Å². The molecule has 0 radical (unpaired) electrons. The third kappa shape index (κ3) is 3.27. The summed E-state index contributed by atoms with van der Waals surface area (Å²) in [5, 5.41) is 20.3. The van der Waals surface area contributed by atoms with Crippen LogP contribution >= 0.6 is 11.6 Å². The molecule has 0 amide bonds. The third-order valence-electron chi connectivity index (χ3n) is 5.86. The number of hydrogen-bond donors (Lipinski definition) is 1. The van der Waals surface area contributed by atoms with E-state index in [1.807, 2.05) is 12.1 Å². The average Bonchev–Trinajstić information content (AvgIpc) is 3.24. The van der Waals surface area contributed by atoms with Crippen molar-refractivity contribution in [1.82, 2.24) is 4.98 Å². The first-order chi connectivity index (χ1) is 14.2. The number of hydrogen-bond acceptors (Lipinski definition) is 6. The number of pyridine rings is 1. The monoisotopic (exact) mass is 436 g/mol. The minimum Gasteiger partial charge on any atom is -0.481 e. The van der Waals surface area contributed by atoms with Crippen LogP contribution in [0.5, 0.6) is 0 Å². The molecule has 1 fully saturated rings. The van der Waals surface area contributed by atoms with Crippen LogP contribution in [0.3, 0.4) is 0 Å². The number of rotatable bonds is 5. The van der Waals surface area contributed by atoms with E-state index in [-0.39, 0.29) is 13.0 Å². The fourth-order valence-corrected chi connectivity index (χ4v) is 4.70. The number of ether oxygens (including phenoxy) is 1. The zero-order valence-corrected chi connectivity index (χ0v) is 16.6. The number of carboxylic acid groups (broad SMARTS) is 1. The Morgan fingerprint density at radius 1 is 1.40 bits per heavy atom. The summed E-state index contributed by atoms with van der Waals surface area (Å²) in [7, 11) is 0. The van der Waals surface area contributed by atoms with E-state index in [2.05, 4.69) is 9.82 Å². The molecule has 2 aromatic rings. The lowest BCUT2D eigenvalue weighted by molar-refractivity contribution is -0.769. The van der Waals surface area contributed by atoms with Gasteiger partial charge in [0.15, 0.2) is 0 Å². The highest BCUT2D eigenvalue weighted by atomic mass is 35.5. The van der Waals surface area contributed by atoms with E-state index >= 15 is 0 Å². The van der Waals surface area contributed by atoms with Gasteiger partial charge in [-0.1, -0.05) is 23.7 Å². The van der Waals surface area contributed by atoms with Gasteiger partial charge < -0.3 is 14.7 Å². The summed E-state index contributed by atoms with van der Waals surface area (Å²) in [6, 6.07) is 7.07. The second kappa shape index (κ2) is 7.48. The molecule has 8 nitrogen and oxygen atoms in total. The maximum absolute atomic E-state index is 14.6. The predicted molar refractivity (Wildman–Crippen MR) is 102 cm³/mol. The normalized spacial score (nSPS) is 27.6. The molecule has 1 saturated carbocycles. The van der Waals surface area contributed by atoms with Gasteiger partial charge in [0.05, 0.1) is 12.0 Å². The van der Waals surface area contributed by atoms with Crippen molar-refractivity contribution in [2.75, 3.05) is 0 Å². The van der Waals surface area contributed by atoms with E-state index in [1.54, 1.807) is 25.3 Å². The second-order valence-electron chi connectivity index (χ2n) is 7.57. The van der Waals surface area contributed by atoms with Crippen LogP contribution in [0.2, 0.25) is 5.02 Å². The van der Waals surface area contributed by atoms with Gasteiger partial charge in [-0.2, -0.15) is 0 Å². The van der Waals surface area contributed by atoms with Crippen molar-refractivity contribution in [3.05, 3.63) is 73.5 Å². The molecule has 30 heavy (non-hydrogen) atoms. The highest BCUT2D eigenvalue weighted by molar-refractivity contribution is 6.30. The Kier molecular flexibility index (Phi) is 5.11. The molecule has 0 unspecified atom stereocenters. The zero-order chi connectivity index (χ0) is 21.6. The highest BCUT2D eigenvalue weighted by Crippen LogP contribution is 2.49. The van der Waals surface area contributed by atoms with Crippen LogP contribution < -0.4 is 0 Å². The summed E-state index contributed by atoms with van der Waals surface area (Å²) in [6.07, 6.45) is -2.90. The standard InChI is InChI=1S/C20H18ClFN2O6/c1-10-17(20(19(25)26)6-15(22)16(7-20)30-24(27)28)14-9-29-18(13(14)8-23-10)11-2-4-12(21)5-3-11/h2-5,8,15-16,18H,6-7,9H2,1H3,(H,25,26)/t15-,16-,18+,20+/m1/s1. The Bertz CT molecular complexity index is 1020. The van der Waals surface area contributed by atoms with Crippen LogP contribution in [0.1, 0.15) is 46.9 Å². The molecule has 1 aromatic carbocycles. The smallest absolute Gasteiger partial charge is 0.314 e. The first-order valence-electron chi connectivity index (χ1n) is 9.27. The van der Waals surface area contributed by atoms with E-state index in [9.17, 15) is 24.4 Å². The van der Waals surface area contributed by atoms with Gasteiger partial charge >= 0.3 is 5.97 Å². The van der Waals surface area contributed by atoms with E-state index in [4.69, 9.17) is 16.3 Å². The molecule has 1 aliphatic heterocycles. The van der Waals surface area contributed by atoms with Crippen LogP contribution in [0.15, 0.2) is 30.5 Å². The summed E-state index contributed by atoms with van der Waals surface area (Å²) in [6.45, 7) is 1.76. The molecule has 1 N–H and O–H groups in total. The third-order valence-corrected chi connectivity index (χ3v) is 6.12. The fraction of sp³-hybridized carbons (Fsp3) is 0.400. The van der Waals surface area contributed by atoms with Crippen molar-refractivity contribution in [3.63, 3.8) is 0 Å². The summed E-state index contributed by atoms with van der Waals surface area (Å²) in [4.78, 5) is 31.9. The molecule has 2 aliphatic rings. The number of aromatic nitrogens is 1. The number of aliphatic carboxylic acids is 1. The van der Waals surface area contributed by atoms with E-state index in [1.165, 1.54) is 0 Å². The van der Waals surface area contributed by atoms with Crippen LogP contribution in [0.4, 0.5) is 4.39 Å². The van der Waals surface area contributed by atoms with Gasteiger partial charge in [0.25, 0.3) is 5.09 Å². The van der Waals surface area contributed by atoms with Gasteiger partial charge in [-0.15, -0.1) is 10.1 Å². The van der Waals surface area contributed by atoms with E-state index in [0.29, 0.717) is 27.4 Å².